The second-order valence-electron chi connectivity index (χ2n) is 4.64. The van der Waals surface area contributed by atoms with E-state index in [4.69, 9.17) is 19.6 Å². The summed E-state index contributed by atoms with van der Waals surface area (Å²) in [6.07, 6.45) is 1.97. The van der Waals surface area contributed by atoms with Crippen molar-refractivity contribution in [1.29, 1.82) is 0 Å². The molecule has 0 amide bonds. The zero-order chi connectivity index (χ0) is 13.2. The predicted octanol–water partition coefficient (Wildman–Crippen LogP) is 2.35. The van der Waals surface area contributed by atoms with E-state index in [1.54, 1.807) is 24.3 Å². The van der Waals surface area contributed by atoms with Gasteiger partial charge < -0.3 is 19.6 Å². The lowest BCUT2D eigenvalue weighted by Gasteiger charge is -2.08. The van der Waals surface area contributed by atoms with Gasteiger partial charge in [-0.15, -0.1) is 0 Å². The molecule has 0 radical (unpaired) electrons. The van der Waals surface area contributed by atoms with Crippen LogP contribution in [-0.2, 0) is 9.47 Å². The van der Waals surface area contributed by atoms with Gasteiger partial charge in [0.15, 0.2) is 0 Å². The normalized spacial score (nSPS) is 18.8. The molecule has 1 aliphatic heterocycles. The summed E-state index contributed by atoms with van der Waals surface area (Å²) in [7, 11) is 0. The topological polar surface area (TPSA) is 74.7 Å². The van der Waals surface area contributed by atoms with Crippen LogP contribution in [0, 0.1) is 0 Å². The lowest BCUT2D eigenvalue weighted by atomic mass is 10.2. The highest BCUT2D eigenvalue weighted by atomic mass is 16.6. The number of esters is 1. The molecule has 2 heterocycles. The third-order valence-corrected chi connectivity index (χ3v) is 3.17. The lowest BCUT2D eigenvalue weighted by molar-refractivity contribution is 0.0138. The molecular weight excluding hydrogens is 246 g/mol. The fraction of sp³-hybridized carbons (Fsp3) is 0.357. The number of carbonyl (C=O) groups is 1. The van der Waals surface area contributed by atoms with Crippen molar-refractivity contribution in [2.75, 3.05) is 18.9 Å². The first kappa shape index (κ1) is 12.0. The van der Waals surface area contributed by atoms with E-state index >= 15 is 0 Å². The zero-order valence-corrected chi connectivity index (χ0v) is 10.4. The minimum atomic E-state index is -0.467. The number of ether oxygens (including phenoxy) is 2. The van der Waals surface area contributed by atoms with Crippen molar-refractivity contribution >= 4 is 22.6 Å². The molecule has 1 aliphatic rings. The Morgan fingerprint density at radius 1 is 1.42 bits per heavy atom. The number of rotatable bonds is 3. The summed E-state index contributed by atoms with van der Waals surface area (Å²) in [5.74, 6) is -0.274. The Morgan fingerprint density at radius 2 is 2.32 bits per heavy atom. The average molecular weight is 261 g/mol. The van der Waals surface area contributed by atoms with E-state index in [-0.39, 0.29) is 18.5 Å². The molecule has 1 saturated heterocycles. The molecule has 0 bridgehead atoms. The van der Waals surface area contributed by atoms with Gasteiger partial charge in [0, 0.05) is 17.7 Å². The van der Waals surface area contributed by atoms with Gasteiger partial charge >= 0.3 is 5.97 Å². The maximum Gasteiger partial charge on any atom is 0.374 e. The highest BCUT2D eigenvalue weighted by Gasteiger charge is 2.20. The number of fused-ring (bicyclic) bond motifs is 1. The third kappa shape index (κ3) is 2.56. The molecule has 1 fully saturated rings. The van der Waals surface area contributed by atoms with Crippen LogP contribution in [0.4, 0.5) is 5.69 Å². The van der Waals surface area contributed by atoms with Crippen LogP contribution in [0.1, 0.15) is 23.4 Å². The standard InChI is InChI=1S/C14H15NO4/c15-10-3-4-12-9(6-10)7-13(19-12)14(16)18-8-11-2-1-5-17-11/h3-4,6-7,11H,1-2,5,8,15H2. The summed E-state index contributed by atoms with van der Waals surface area (Å²) in [6, 6.07) is 6.87. The maximum absolute atomic E-state index is 11.9. The van der Waals surface area contributed by atoms with E-state index in [2.05, 4.69) is 0 Å². The summed E-state index contributed by atoms with van der Waals surface area (Å²) in [5, 5.41) is 0.795. The summed E-state index contributed by atoms with van der Waals surface area (Å²) in [4.78, 5) is 11.9. The van der Waals surface area contributed by atoms with Crippen LogP contribution in [0.15, 0.2) is 28.7 Å². The van der Waals surface area contributed by atoms with Crippen LogP contribution in [0.5, 0.6) is 0 Å². The Bertz CT molecular complexity index is 599. The van der Waals surface area contributed by atoms with Gasteiger partial charge in [-0.1, -0.05) is 0 Å². The first-order chi connectivity index (χ1) is 9.22. The molecule has 3 rings (SSSR count). The van der Waals surface area contributed by atoms with Gasteiger partial charge in [0.25, 0.3) is 0 Å². The van der Waals surface area contributed by atoms with Gasteiger partial charge in [-0.3, -0.25) is 0 Å². The molecule has 5 nitrogen and oxygen atoms in total. The Hall–Kier alpha value is -2.01. The largest absolute Gasteiger partial charge is 0.457 e. The molecular formula is C14H15NO4. The fourth-order valence-electron chi connectivity index (χ4n) is 2.18. The first-order valence-corrected chi connectivity index (χ1v) is 6.30. The molecule has 19 heavy (non-hydrogen) atoms. The van der Waals surface area contributed by atoms with Gasteiger partial charge in [0.1, 0.15) is 12.2 Å². The SMILES string of the molecule is Nc1ccc2oc(C(=O)OCC3CCCO3)cc2c1. The van der Waals surface area contributed by atoms with Crippen LogP contribution in [0.2, 0.25) is 0 Å². The Morgan fingerprint density at radius 3 is 3.11 bits per heavy atom. The van der Waals surface area contributed by atoms with Crippen molar-refractivity contribution in [2.45, 2.75) is 18.9 Å². The van der Waals surface area contributed by atoms with Gasteiger partial charge in [0.05, 0.1) is 6.10 Å². The second kappa shape index (κ2) is 4.93. The summed E-state index contributed by atoms with van der Waals surface area (Å²) in [5.41, 5.74) is 6.93. The van der Waals surface area contributed by atoms with Crippen molar-refractivity contribution in [3.05, 3.63) is 30.0 Å². The average Bonchev–Trinajstić information content (AvgIpc) is 3.04. The predicted molar refractivity (Wildman–Crippen MR) is 69.9 cm³/mol. The van der Waals surface area contributed by atoms with Crippen LogP contribution in [-0.4, -0.2) is 25.3 Å². The van der Waals surface area contributed by atoms with Crippen molar-refractivity contribution < 1.29 is 18.7 Å². The van der Waals surface area contributed by atoms with E-state index < -0.39 is 5.97 Å². The minimum Gasteiger partial charge on any atom is -0.457 e. The van der Waals surface area contributed by atoms with E-state index in [9.17, 15) is 4.79 Å². The number of benzene rings is 1. The molecule has 5 heteroatoms. The number of anilines is 1. The Labute approximate surface area is 110 Å². The number of furan rings is 1. The second-order valence-corrected chi connectivity index (χ2v) is 4.64. The minimum absolute atomic E-state index is 0.0176. The summed E-state index contributed by atoms with van der Waals surface area (Å²) >= 11 is 0. The van der Waals surface area contributed by atoms with Crippen molar-refractivity contribution in [2.24, 2.45) is 0 Å². The zero-order valence-electron chi connectivity index (χ0n) is 10.4. The number of hydrogen-bond donors (Lipinski definition) is 1. The van der Waals surface area contributed by atoms with Crippen LogP contribution in [0.3, 0.4) is 0 Å². The highest BCUT2D eigenvalue weighted by Crippen LogP contribution is 2.22. The maximum atomic E-state index is 11.9. The number of hydrogen-bond acceptors (Lipinski definition) is 5. The molecule has 2 N–H and O–H groups in total. The van der Waals surface area contributed by atoms with Crippen LogP contribution in [0.25, 0.3) is 11.0 Å². The molecule has 0 spiro atoms. The molecule has 100 valence electrons. The Kier molecular flexibility index (Phi) is 3.13. The van der Waals surface area contributed by atoms with Crippen molar-refractivity contribution in [3.63, 3.8) is 0 Å². The summed E-state index contributed by atoms with van der Waals surface area (Å²) in [6.45, 7) is 1.02. The third-order valence-electron chi connectivity index (χ3n) is 3.17. The van der Waals surface area contributed by atoms with Gasteiger partial charge in [0.2, 0.25) is 5.76 Å². The summed E-state index contributed by atoms with van der Waals surface area (Å²) < 4.78 is 16.0. The van der Waals surface area contributed by atoms with E-state index in [1.807, 2.05) is 0 Å². The van der Waals surface area contributed by atoms with Gasteiger partial charge in [-0.2, -0.15) is 0 Å². The molecule has 1 unspecified atom stereocenters. The molecule has 1 aromatic heterocycles. The fourth-order valence-corrected chi connectivity index (χ4v) is 2.18. The van der Waals surface area contributed by atoms with E-state index in [1.165, 1.54) is 0 Å². The van der Waals surface area contributed by atoms with Crippen LogP contribution < -0.4 is 5.73 Å². The first-order valence-electron chi connectivity index (χ1n) is 6.30. The van der Waals surface area contributed by atoms with Gasteiger partial charge in [-0.25, -0.2) is 4.79 Å². The van der Waals surface area contributed by atoms with E-state index in [0.717, 1.165) is 24.8 Å². The Balaban J connectivity index is 1.70. The highest BCUT2D eigenvalue weighted by molar-refractivity contribution is 5.93. The van der Waals surface area contributed by atoms with Crippen LogP contribution >= 0.6 is 0 Å². The van der Waals surface area contributed by atoms with Gasteiger partial charge in [-0.05, 0) is 37.1 Å². The quantitative estimate of drug-likeness (QED) is 0.678. The molecule has 0 saturated carbocycles. The number of nitrogen functional groups attached to an aromatic ring is 1. The molecule has 0 aliphatic carbocycles. The monoisotopic (exact) mass is 261 g/mol. The van der Waals surface area contributed by atoms with E-state index in [0.29, 0.717) is 11.3 Å². The molecule has 1 atom stereocenters. The number of carbonyl (C=O) groups excluding carboxylic acids is 1. The molecule has 1 aromatic carbocycles. The number of nitrogens with two attached hydrogens (primary N) is 1. The van der Waals surface area contributed by atoms with Crippen molar-refractivity contribution in [1.82, 2.24) is 0 Å². The molecule has 2 aromatic rings. The lowest BCUT2D eigenvalue weighted by Crippen LogP contribution is -2.17. The van der Waals surface area contributed by atoms with Crippen molar-refractivity contribution in [3.8, 4) is 0 Å². The smallest absolute Gasteiger partial charge is 0.374 e.